The van der Waals surface area contributed by atoms with E-state index in [1.807, 2.05) is 0 Å². The van der Waals surface area contributed by atoms with E-state index in [0.717, 1.165) is 24.3 Å². The standard InChI is InChI=1S/C22H9F12S/c23-19(24,25)12-6-1-4-10-11-5-2-7-13(20(26,27)28)17(11)35(16(10)12)18-14(21(29,30)31)8-3-9-15(18)22(32,33)34/h1-9H/q+1. The van der Waals surface area contributed by atoms with Crippen molar-refractivity contribution in [3.05, 3.63) is 76.9 Å². The first kappa shape index (κ1) is 25.1. The molecule has 0 atom stereocenters. The molecular weight excluding hydrogens is 524 g/mol. The van der Waals surface area contributed by atoms with Gasteiger partial charge >= 0.3 is 24.7 Å². The zero-order valence-corrected chi connectivity index (χ0v) is 17.5. The molecule has 35 heavy (non-hydrogen) atoms. The topological polar surface area (TPSA) is 0 Å². The average Bonchev–Trinajstić information content (AvgIpc) is 3.04. The molecular formula is C22H9F12S+. The lowest BCUT2D eigenvalue weighted by Gasteiger charge is -2.15. The number of fused-ring (bicyclic) bond motifs is 3. The Labute approximate surface area is 190 Å². The lowest BCUT2D eigenvalue weighted by atomic mass is 10.1. The van der Waals surface area contributed by atoms with E-state index in [9.17, 15) is 52.7 Å². The van der Waals surface area contributed by atoms with Crippen LogP contribution in [0.2, 0.25) is 0 Å². The van der Waals surface area contributed by atoms with E-state index in [1.54, 1.807) is 0 Å². The van der Waals surface area contributed by atoms with E-state index < -0.39 is 82.5 Å². The molecule has 0 aliphatic heterocycles. The second kappa shape index (κ2) is 7.77. The SMILES string of the molecule is FC(F)(F)c1cccc(C(F)(F)F)c1-[s+]1c2c(C(F)(F)F)cccc2c2cccc(C(F)(F)F)c21. The van der Waals surface area contributed by atoms with Gasteiger partial charge in [-0.25, -0.2) is 0 Å². The Kier molecular flexibility index (Phi) is 5.58. The number of thiophene rings is 1. The van der Waals surface area contributed by atoms with Crippen molar-refractivity contribution in [3.8, 4) is 4.90 Å². The van der Waals surface area contributed by atoms with Crippen LogP contribution in [-0.2, 0) is 24.7 Å². The maximum atomic E-state index is 13.9. The predicted molar refractivity (Wildman–Crippen MR) is 105 cm³/mol. The van der Waals surface area contributed by atoms with Gasteiger partial charge in [0, 0.05) is 21.2 Å². The minimum Gasteiger partial charge on any atom is -0.166 e. The van der Waals surface area contributed by atoms with Crippen molar-refractivity contribution in [1.29, 1.82) is 0 Å². The lowest BCUT2D eigenvalue weighted by molar-refractivity contribution is -0.141. The van der Waals surface area contributed by atoms with Crippen LogP contribution in [0.4, 0.5) is 52.7 Å². The van der Waals surface area contributed by atoms with Crippen LogP contribution in [0.25, 0.3) is 25.1 Å². The van der Waals surface area contributed by atoms with Gasteiger partial charge in [-0.05, 0) is 36.4 Å². The quantitative estimate of drug-likeness (QED) is 0.169. The highest BCUT2D eigenvalue weighted by Crippen LogP contribution is 2.59. The Morgan fingerprint density at radius 3 is 1.00 bits per heavy atom. The molecule has 13 heteroatoms. The van der Waals surface area contributed by atoms with Gasteiger partial charge in [0.15, 0.2) is 9.40 Å². The summed E-state index contributed by atoms with van der Waals surface area (Å²) in [5, 5.41) is -1.04. The van der Waals surface area contributed by atoms with Gasteiger partial charge in [-0.3, -0.25) is 0 Å². The third kappa shape index (κ3) is 4.19. The van der Waals surface area contributed by atoms with Crippen LogP contribution < -0.4 is 0 Å². The van der Waals surface area contributed by atoms with E-state index in [-0.39, 0.29) is 12.1 Å². The highest BCUT2D eigenvalue weighted by Gasteiger charge is 2.50. The molecule has 0 unspecified atom stereocenters. The zero-order valence-electron chi connectivity index (χ0n) is 16.6. The van der Waals surface area contributed by atoms with Crippen molar-refractivity contribution < 1.29 is 52.7 Å². The van der Waals surface area contributed by atoms with Crippen LogP contribution in [0, 0.1) is 0 Å². The molecule has 3 aromatic carbocycles. The predicted octanol–water partition coefficient (Wildman–Crippen LogP) is 9.81. The monoisotopic (exact) mass is 533 g/mol. The molecule has 4 rings (SSSR count). The van der Waals surface area contributed by atoms with E-state index in [0.29, 0.717) is 18.2 Å². The van der Waals surface area contributed by atoms with Crippen LogP contribution in [0.15, 0.2) is 54.6 Å². The molecule has 0 saturated heterocycles. The summed E-state index contributed by atoms with van der Waals surface area (Å²) in [5.41, 5.74) is -7.17. The molecule has 4 aromatic rings. The number of hydrogen-bond donors (Lipinski definition) is 0. The molecule has 0 nitrogen and oxygen atoms in total. The summed E-state index contributed by atoms with van der Waals surface area (Å²) in [5.74, 6) is 0. The second-order valence-electron chi connectivity index (χ2n) is 7.34. The van der Waals surface area contributed by atoms with Crippen molar-refractivity contribution in [3.63, 3.8) is 0 Å². The molecule has 0 spiro atoms. The van der Waals surface area contributed by atoms with Gasteiger partial charge in [0.2, 0.25) is 4.90 Å². The summed E-state index contributed by atoms with van der Waals surface area (Å²) >= 11 is 0. The number of hydrogen-bond acceptors (Lipinski definition) is 0. The Bertz CT molecular complexity index is 1330. The van der Waals surface area contributed by atoms with Crippen molar-refractivity contribution >= 4 is 30.6 Å². The van der Waals surface area contributed by atoms with Crippen LogP contribution in [0.1, 0.15) is 22.3 Å². The molecule has 0 radical (unpaired) electrons. The first-order valence-corrected chi connectivity index (χ1v) is 10.6. The second-order valence-corrected chi connectivity index (χ2v) is 9.18. The molecule has 0 aliphatic rings. The summed E-state index contributed by atoms with van der Waals surface area (Å²) in [7, 11) is -3.05. The van der Waals surface area contributed by atoms with Gasteiger partial charge in [-0.1, -0.05) is 18.2 Å². The summed E-state index contributed by atoms with van der Waals surface area (Å²) < 4.78 is 165. The van der Waals surface area contributed by atoms with E-state index >= 15 is 0 Å². The van der Waals surface area contributed by atoms with E-state index in [1.165, 1.54) is 0 Å². The number of alkyl halides is 12. The summed E-state index contributed by atoms with van der Waals surface area (Å²) in [4.78, 5) is -1.69. The van der Waals surface area contributed by atoms with Crippen LogP contribution in [0.3, 0.4) is 0 Å². The van der Waals surface area contributed by atoms with Gasteiger partial charge in [-0.15, -0.1) is 0 Å². The number of halogens is 12. The third-order valence-electron chi connectivity index (χ3n) is 5.17. The summed E-state index contributed by atoms with van der Waals surface area (Å²) in [6, 6.07) is 5.21. The molecule has 0 bridgehead atoms. The largest absolute Gasteiger partial charge is 0.421 e. The van der Waals surface area contributed by atoms with Gasteiger partial charge < -0.3 is 0 Å². The molecule has 1 aromatic heterocycles. The fourth-order valence-corrected chi connectivity index (χ4v) is 6.92. The van der Waals surface area contributed by atoms with Gasteiger partial charge in [-0.2, -0.15) is 52.7 Å². The highest BCUT2D eigenvalue weighted by atomic mass is 32.2. The highest BCUT2D eigenvalue weighted by molar-refractivity contribution is 7.50. The molecule has 0 saturated carbocycles. The first-order chi connectivity index (χ1) is 15.9. The zero-order chi connectivity index (χ0) is 26.1. The Morgan fingerprint density at radius 2 is 0.686 bits per heavy atom. The smallest absolute Gasteiger partial charge is 0.166 e. The fraction of sp³-hybridized carbons (Fsp3) is 0.182. The molecule has 0 fully saturated rings. The van der Waals surface area contributed by atoms with E-state index in [2.05, 4.69) is 0 Å². The van der Waals surface area contributed by atoms with Gasteiger partial charge in [0.1, 0.15) is 22.3 Å². The lowest BCUT2D eigenvalue weighted by Crippen LogP contribution is -2.13. The number of benzene rings is 3. The minimum absolute atomic E-state index is 0.210. The van der Waals surface area contributed by atoms with Crippen LogP contribution >= 0.6 is 10.5 Å². The maximum absolute atomic E-state index is 13.9. The van der Waals surface area contributed by atoms with Crippen LogP contribution in [0.5, 0.6) is 0 Å². The Balaban J connectivity index is 2.42. The van der Waals surface area contributed by atoms with Crippen molar-refractivity contribution in [2.24, 2.45) is 0 Å². The van der Waals surface area contributed by atoms with E-state index in [4.69, 9.17) is 0 Å². The van der Waals surface area contributed by atoms with Gasteiger partial charge in [0.25, 0.3) is 0 Å². The van der Waals surface area contributed by atoms with Crippen LogP contribution in [-0.4, -0.2) is 0 Å². The van der Waals surface area contributed by atoms with Crippen molar-refractivity contribution in [1.82, 2.24) is 0 Å². The molecule has 0 aliphatic carbocycles. The maximum Gasteiger partial charge on any atom is 0.421 e. The summed E-state index contributed by atoms with van der Waals surface area (Å²) in [6.07, 6.45) is -21.6. The van der Waals surface area contributed by atoms with Crippen molar-refractivity contribution in [2.45, 2.75) is 24.7 Å². The molecule has 0 amide bonds. The summed E-state index contributed by atoms with van der Waals surface area (Å²) in [6.45, 7) is 0. The number of rotatable bonds is 1. The fourth-order valence-electron chi connectivity index (χ4n) is 3.89. The average molecular weight is 533 g/mol. The first-order valence-electron chi connectivity index (χ1n) is 9.36. The Morgan fingerprint density at radius 1 is 0.400 bits per heavy atom. The van der Waals surface area contributed by atoms with Crippen molar-refractivity contribution in [2.75, 3.05) is 0 Å². The molecule has 186 valence electrons. The third-order valence-corrected chi connectivity index (χ3v) is 7.71. The molecule has 0 N–H and O–H groups in total. The Hall–Kier alpha value is -2.96. The molecule has 1 heterocycles. The minimum atomic E-state index is -5.51. The van der Waals surface area contributed by atoms with Gasteiger partial charge in [0.05, 0.1) is 0 Å². The normalized spacial score (nSPS) is 13.7.